The maximum absolute atomic E-state index is 12.7. The standard InChI is InChI=1S/C18H15N3OS/c1-13-20-21-18(23-13)19-17(22)16(15-10-6-3-7-11-15)12-14-8-4-2-5-9-14/h2-12H,1H3,(H,19,21,22). The number of aromatic nitrogens is 2. The quantitative estimate of drug-likeness (QED) is 0.583. The van der Waals surface area contributed by atoms with E-state index in [4.69, 9.17) is 0 Å². The van der Waals surface area contributed by atoms with Crippen molar-refractivity contribution in [2.24, 2.45) is 0 Å². The topological polar surface area (TPSA) is 54.9 Å². The zero-order valence-corrected chi connectivity index (χ0v) is 13.4. The lowest BCUT2D eigenvalue weighted by molar-refractivity contribution is -0.111. The second-order valence-electron chi connectivity index (χ2n) is 4.92. The minimum atomic E-state index is -0.198. The van der Waals surface area contributed by atoms with Gasteiger partial charge in [-0.25, -0.2) is 0 Å². The van der Waals surface area contributed by atoms with Crippen LogP contribution in [0.3, 0.4) is 0 Å². The number of carbonyl (C=O) groups is 1. The fourth-order valence-corrected chi connectivity index (χ4v) is 2.71. The van der Waals surface area contributed by atoms with Crippen LogP contribution >= 0.6 is 11.3 Å². The van der Waals surface area contributed by atoms with E-state index < -0.39 is 0 Å². The Bertz CT molecular complexity index is 826. The molecule has 114 valence electrons. The Morgan fingerprint density at radius 1 is 1.00 bits per heavy atom. The van der Waals surface area contributed by atoms with Crippen molar-refractivity contribution in [1.82, 2.24) is 10.2 Å². The lowest BCUT2D eigenvalue weighted by Gasteiger charge is -2.07. The van der Waals surface area contributed by atoms with Gasteiger partial charge in [-0.2, -0.15) is 0 Å². The first-order chi connectivity index (χ1) is 11.2. The highest BCUT2D eigenvalue weighted by atomic mass is 32.1. The summed E-state index contributed by atoms with van der Waals surface area (Å²) in [4.78, 5) is 12.7. The van der Waals surface area contributed by atoms with E-state index in [2.05, 4.69) is 15.5 Å². The van der Waals surface area contributed by atoms with Crippen LogP contribution < -0.4 is 5.32 Å². The average Bonchev–Trinajstić information content (AvgIpc) is 2.99. The van der Waals surface area contributed by atoms with Crippen LogP contribution in [0.5, 0.6) is 0 Å². The van der Waals surface area contributed by atoms with Crippen molar-refractivity contribution in [3.05, 3.63) is 76.8 Å². The number of hydrogen-bond acceptors (Lipinski definition) is 4. The SMILES string of the molecule is Cc1nnc(NC(=O)C(=Cc2ccccc2)c2ccccc2)s1. The minimum absolute atomic E-state index is 0.198. The Kier molecular flexibility index (Phi) is 4.59. The maximum atomic E-state index is 12.7. The van der Waals surface area contributed by atoms with E-state index in [9.17, 15) is 4.79 Å². The second-order valence-corrected chi connectivity index (χ2v) is 6.10. The van der Waals surface area contributed by atoms with E-state index in [1.165, 1.54) is 11.3 Å². The van der Waals surface area contributed by atoms with Gasteiger partial charge in [-0.1, -0.05) is 72.0 Å². The van der Waals surface area contributed by atoms with Crippen molar-refractivity contribution in [2.45, 2.75) is 6.92 Å². The van der Waals surface area contributed by atoms with Gasteiger partial charge in [0.2, 0.25) is 5.13 Å². The summed E-state index contributed by atoms with van der Waals surface area (Å²) in [5.74, 6) is -0.198. The minimum Gasteiger partial charge on any atom is -0.296 e. The highest BCUT2D eigenvalue weighted by Crippen LogP contribution is 2.22. The molecule has 5 heteroatoms. The fourth-order valence-electron chi connectivity index (χ4n) is 2.13. The van der Waals surface area contributed by atoms with Crippen LogP contribution in [0.25, 0.3) is 11.6 Å². The zero-order valence-electron chi connectivity index (χ0n) is 12.6. The summed E-state index contributed by atoms with van der Waals surface area (Å²) in [7, 11) is 0. The van der Waals surface area contributed by atoms with Crippen molar-refractivity contribution >= 4 is 34.0 Å². The molecule has 23 heavy (non-hydrogen) atoms. The number of aryl methyl sites for hydroxylation is 1. The summed E-state index contributed by atoms with van der Waals surface area (Å²) in [5, 5.41) is 12.0. The van der Waals surface area contributed by atoms with E-state index in [1.807, 2.05) is 73.7 Å². The lowest BCUT2D eigenvalue weighted by Crippen LogP contribution is -2.13. The second kappa shape index (κ2) is 6.98. The summed E-state index contributed by atoms with van der Waals surface area (Å²) in [6, 6.07) is 19.4. The number of nitrogens with zero attached hydrogens (tertiary/aromatic N) is 2. The first-order valence-corrected chi connectivity index (χ1v) is 7.97. The molecule has 0 radical (unpaired) electrons. The summed E-state index contributed by atoms with van der Waals surface area (Å²) in [5.41, 5.74) is 2.41. The summed E-state index contributed by atoms with van der Waals surface area (Å²) in [6.07, 6.45) is 1.87. The number of rotatable bonds is 4. The Morgan fingerprint density at radius 3 is 2.26 bits per heavy atom. The Morgan fingerprint density at radius 2 is 1.65 bits per heavy atom. The van der Waals surface area contributed by atoms with Gasteiger partial charge >= 0.3 is 0 Å². The maximum Gasteiger partial charge on any atom is 0.258 e. The zero-order chi connectivity index (χ0) is 16.1. The van der Waals surface area contributed by atoms with Gasteiger partial charge in [0.15, 0.2) is 0 Å². The van der Waals surface area contributed by atoms with Crippen LogP contribution in [0.4, 0.5) is 5.13 Å². The van der Waals surface area contributed by atoms with Crippen LogP contribution in [-0.2, 0) is 4.79 Å². The van der Waals surface area contributed by atoms with Gasteiger partial charge in [0.25, 0.3) is 5.91 Å². The number of amides is 1. The van der Waals surface area contributed by atoms with Crippen LogP contribution in [-0.4, -0.2) is 16.1 Å². The lowest BCUT2D eigenvalue weighted by atomic mass is 10.0. The largest absolute Gasteiger partial charge is 0.296 e. The van der Waals surface area contributed by atoms with Crippen LogP contribution in [0.15, 0.2) is 60.7 Å². The van der Waals surface area contributed by atoms with Gasteiger partial charge in [-0.15, -0.1) is 10.2 Å². The van der Waals surface area contributed by atoms with Crippen LogP contribution in [0.1, 0.15) is 16.1 Å². The molecule has 1 amide bonds. The van der Waals surface area contributed by atoms with Crippen molar-refractivity contribution in [3.8, 4) is 0 Å². The molecule has 0 fully saturated rings. The van der Waals surface area contributed by atoms with Crippen LogP contribution in [0, 0.1) is 6.92 Å². The molecule has 1 heterocycles. The summed E-state index contributed by atoms with van der Waals surface area (Å²) < 4.78 is 0. The molecule has 3 rings (SSSR count). The third-order valence-electron chi connectivity index (χ3n) is 3.19. The van der Waals surface area contributed by atoms with Gasteiger partial charge in [-0.05, 0) is 24.1 Å². The molecular formula is C18H15N3OS. The predicted octanol–water partition coefficient (Wildman–Crippen LogP) is 4.03. The number of benzene rings is 2. The van der Waals surface area contributed by atoms with E-state index >= 15 is 0 Å². The highest BCUT2D eigenvalue weighted by molar-refractivity contribution is 7.15. The molecule has 0 unspecified atom stereocenters. The monoisotopic (exact) mass is 321 g/mol. The Hall–Kier alpha value is -2.79. The molecule has 0 saturated heterocycles. The number of nitrogens with one attached hydrogen (secondary N) is 1. The normalized spacial score (nSPS) is 11.3. The molecule has 1 N–H and O–H groups in total. The Balaban J connectivity index is 1.95. The van der Waals surface area contributed by atoms with Gasteiger partial charge in [0, 0.05) is 5.57 Å². The summed E-state index contributed by atoms with van der Waals surface area (Å²) in [6.45, 7) is 1.85. The number of anilines is 1. The van der Waals surface area contributed by atoms with E-state index in [0.29, 0.717) is 10.7 Å². The van der Waals surface area contributed by atoms with Gasteiger partial charge in [0.1, 0.15) is 5.01 Å². The number of carbonyl (C=O) groups excluding carboxylic acids is 1. The molecule has 0 aliphatic rings. The van der Waals surface area contributed by atoms with E-state index in [0.717, 1.165) is 16.1 Å². The molecule has 0 aliphatic heterocycles. The molecule has 0 saturated carbocycles. The molecule has 0 atom stereocenters. The van der Waals surface area contributed by atoms with Crippen molar-refractivity contribution in [1.29, 1.82) is 0 Å². The molecule has 1 aromatic heterocycles. The number of hydrogen-bond donors (Lipinski definition) is 1. The molecule has 2 aromatic carbocycles. The smallest absolute Gasteiger partial charge is 0.258 e. The van der Waals surface area contributed by atoms with Gasteiger partial charge < -0.3 is 0 Å². The first kappa shape index (κ1) is 15.1. The summed E-state index contributed by atoms with van der Waals surface area (Å²) >= 11 is 1.35. The van der Waals surface area contributed by atoms with Gasteiger partial charge in [-0.3, -0.25) is 10.1 Å². The molecule has 4 nitrogen and oxygen atoms in total. The van der Waals surface area contributed by atoms with Crippen molar-refractivity contribution < 1.29 is 4.79 Å². The molecular weight excluding hydrogens is 306 g/mol. The molecule has 0 aliphatic carbocycles. The first-order valence-electron chi connectivity index (χ1n) is 7.16. The van der Waals surface area contributed by atoms with E-state index in [-0.39, 0.29) is 5.91 Å². The van der Waals surface area contributed by atoms with Gasteiger partial charge in [0.05, 0.1) is 0 Å². The molecule has 0 bridgehead atoms. The molecule has 0 spiro atoms. The van der Waals surface area contributed by atoms with Crippen molar-refractivity contribution in [3.63, 3.8) is 0 Å². The Labute approximate surface area is 138 Å². The van der Waals surface area contributed by atoms with E-state index in [1.54, 1.807) is 0 Å². The fraction of sp³-hybridized carbons (Fsp3) is 0.0556. The third-order valence-corrected chi connectivity index (χ3v) is 3.94. The highest BCUT2D eigenvalue weighted by Gasteiger charge is 2.14. The predicted molar refractivity (Wildman–Crippen MR) is 94.0 cm³/mol. The van der Waals surface area contributed by atoms with Crippen molar-refractivity contribution in [2.75, 3.05) is 5.32 Å². The van der Waals surface area contributed by atoms with Crippen LogP contribution in [0.2, 0.25) is 0 Å². The third kappa shape index (κ3) is 3.90. The molecule has 3 aromatic rings. The average molecular weight is 321 g/mol.